The standard InChI is InChI=1S/C13H15ClN2O.ClH/c1-8-3-2-4-9-5-10(6-11(15)7-17)13(14)16-12(8)9;/h2-5,11,17H,6-7,15H2,1H3;1H. The Hall–Kier alpha value is -0.870. The lowest BCUT2D eigenvalue weighted by Crippen LogP contribution is -2.27. The van der Waals surface area contributed by atoms with Crippen LogP contribution in [0.25, 0.3) is 10.9 Å². The molecule has 3 N–H and O–H groups in total. The number of hydrogen-bond acceptors (Lipinski definition) is 3. The van der Waals surface area contributed by atoms with E-state index < -0.39 is 0 Å². The van der Waals surface area contributed by atoms with Gasteiger partial charge in [0.1, 0.15) is 5.15 Å². The van der Waals surface area contributed by atoms with Crippen LogP contribution in [-0.2, 0) is 6.42 Å². The molecule has 98 valence electrons. The maximum absolute atomic E-state index is 8.96. The lowest BCUT2D eigenvalue weighted by molar-refractivity contribution is 0.265. The summed E-state index contributed by atoms with van der Waals surface area (Å²) in [6.45, 7) is 1.95. The van der Waals surface area contributed by atoms with E-state index in [2.05, 4.69) is 4.98 Å². The van der Waals surface area contributed by atoms with E-state index in [9.17, 15) is 0 Å². The van der Waals surface area contributed by atoms with E-state index in [4.69, 9.17) is 22.4 Å². The van der Waals surface area contributed by atoms with Crippen LogP contribution >= 0.6 is 24.0 Å². The number of nitrogens with two attached hydrogens (primary N) is 1. The summed E-state index contributed by atoms with van der Waals surface area (Å²) in [4.78, 5) is 4.39. The second-order valence-electron chi connectivity index (χ2n) is 4.23. The highest BCUT2D eigenvalue weighted by molar-refractivity contribution is 6.30. The Balaban J connectivity index is 0.00000162. The summed E-state index contributed by atoms with van der Waals surface area (Å²) in [7, 11) is 0. The number of aromatic nitrogens is 1. The third-order valence-corrected chi connectivity index (χ3v) is 3.12. The number of para-hydroxylation sites is 1. The molecule has 2 rings (SSSR count). The molecule has 5 heteroatoms. The molecule has 18 heavy (non-hydrogen) atoms. The van der Waals surface area contributed by atoms with Crippen LogP contribution in [0.1, 0.15) is 11.1 Å². The molecule has 0 spiro atoms. The maximum Gasteiger partial charge on any atom is 0.133 e. The molecule has 0 aliphatic carbocycles. The van der Waals surface area contributed by atoms with E-state index in [1.165, 1.54) is 0 Å². The van der Waals surface area contributed by atoms with Gasteiger partial charge in [-0.25, -0.2) is 4.98 Å². The number of aliphatic hydroxyl groups excluding tert-OH is 1. The minimum atomic E-state index is -0.295. The summed E-state index contributed by atoms with van der Waals surface area (Å²) < 4.78 is 0. The van der Waals surface area contributed by atoms with Gasteiger partial charge in [0, 0.05) is 11.4 Å². The van der Waals surface area contributed by atoms with Crippen LogP contribution in [0.2, 0.25) is 5.15 Å². The van der Waals surface area contributed by atoms with Gasteiger partial charge >= 0.3 is 0 Å². The molecule has 3 nitrogen and oxygen atoms in total. The van der Waals surface area contributed by atoms with Crippen LogP contribution in [-0.4, -0.2) is 22.7 Å². The number of pyridine rings is 1. The number of halogens is 2. The van der Waals surface area contributed by atoms with Crippen molar-refractivity contribution in [2.75, 3.05) is 6.61 Å². The molecule has 2 aromatic rings. The van der Waals surface area contributed by atoms with Gasteiger partial charge in [-0.3, -0.25) is 0 Å². The van der Waals surface area contributed by atoms with Gasteiger partial charge < -0.3 is 10.8 Å². The first kappa shape index (κ1) is 15.2. The van der Waals surface area contributed by atoms with Crippen molar-refractivity contribution in [3.63, 3.8) is 0 Å². The van der Waals surface area contributed by atoms with Crippen molar-refractivity contribution in [1.82, 2.24) is 4.98 Å². The molecule has 1 aromatic carbocycles. The van der Waals surface area contributed by atoms with Crippen LogP contribution in [0.5, 0.6) is 0 Å². The Morgan fingerprint density at radius 2 is 2.17 bits per heavy atom. The van der Waals surface area contributed by atoms with Gasteiger partial charge in [0.05, 0.1) is 12.1 Å². The summed E-state index contributed by atoms with van der Waals surface area (Å²) >= 11 is 6.13. The molecule has 0 aliphatic heterocycles. The van der Waals surface area contributed by atoms with Crippen molar-refractivity contribution in [3.05, 3.63) is 40.5 Å². The average molecular weight is 287 g/mol. The van der Waals surface area contributed by atoms with E-state index in [0.717, 1.165) is 22.0 Å². The van der Waals surface area contributed by atoms with Crippen LogP contribution < -0.4 is 5.73 Å². The van der Waals surface area contributed by atoms with E-state index in [1.54, 1.807) is 0 Å². The maximum atomic E-state index is 8.96. The normalized spacial score (nSPS) is 12.2. The minimum absolute atomic E-state index is 0. The number of nitrogens with zero attached hydrogens (tertiary/aromatic N) is 1. The summed E-state index contributed by atoms with van der Waals surface area (Å²) in [5.74, 6) is 0. The number of fused-ring (bicyclic) bond motifs is 1. The first-order chi connectivity index (χ1) is 8.11. The van der Waals surface area contributed by atoms with E-state index in [-0.39, 0.29) is 25.1 Å². The van der Waals surface area contributed by atoms with Crippen LogP contribution in [0.4, 0.5) is 0 Å². The fourth-order valence-corrected chi connectivity index (χ4v) is 2.07. The summed E-state index contributed by atoms with van der Waals surface area (Å²) in [5.41, 5.74) is 8.61. The van der Waals surface area contributed by atoms with Gasteiger partial charge in [0.15, 0.2) is 0 Å². The van der Waals surface area contributed by atoms with Gasteiger partial charge in [-0.2, -0.15) is 0 Å². The third-order valence-electron chi connectivity index (χ3n) is 2.79. The average Bonchev–Trinajstić information content (AvgIpc) is 2.31. The van der Waals surface area contributed by atoms with E-state index in [0.29, 0.717) is 11.6 Å². The highest BCUT2D eigenvalue weighted by Crippen LogP contribution is 2.23. The van der Waals surface area contributed by atoms with Crippen molar-refractivity contribution in [2.45, 2.75) is 19.4 Å². The third kappa shape index (κ3) is 3.12. The summed E-state index contributed by atoms with van der Waals surface area (Å²) in [6.07, 6.45) is 0.534. The van der Waals surface area contributed by atoms with E-state index in [1.807, 2.05) is 31.2 Å². The molecule has 0 bridgehead atoms. The fourth-order valence-electron chi connectivity index (χ4n) is 1.86. The second-order valence-corrected chi connectivity index (χ2v) is 4.59. The minimum Gasteiger partial charge on any atom is -0.395 e. The molecule has 1 heterocycles. The molecule has 0 saturated heterocycles. The predicted molar refractivity (Wildman–Crippen MR) is 77.5 cm³/mol. The monoisotopic (exact) mass is 286 g/mol. The number of rotatable bonds is 3. The Morgan fingerprint density at radius 1 is 1.44 bits per heavy atom. The first-order valence-corrected chi connectivity index (χ1v) is 5.91. The topological polar surface area (TPSA) is 59.1 Å². The van der Waals surface area contributed by atoms with Crippen molar-refractivity contribution < 1.29 is 5.11 Å². The molecule has 0 amide bonds. The Bertz CT molecular complexity index is 546. The lowest BCUT2D eigenvalue weighted by atomic mass is 10.0. The van der Waals surface area contributed by atoms with Crippen LogP contribution in [0.15, 0.2) is 24.3 Å². The fraction of sp³-hybridized carbons (Fsp3) is 0.308. The summed E-state index contributed by atoms with van der Waals surface area (Å²) in [5, 5.41) is 10.5. The van der Waals surface area contributed by atoms with Gasteiger partial charge in [0.25, 0.3) is 0 Å². The van der Waals surface area contributed by atoms with Crippen LogP contribution in [0.3, 0.4) is 0 Å². The molecular formula is C13H16Cl2N2O. The smallest absolute Gasteiger partial charge is 0.133 e. The van der Waals surface area contributed by atoms with Gasteiger partial charge in [-0.15, -0.1) is 12.4 Å². The van der Waals surface area contributed by atoms with Gasteiger partial charge in [0.2, 0.25) is 0 Å². The molecule has 0 radical (unpaired) electrons. The molecule has 0 aliphatic rings. The Morgan fingerprint density at radius 3 is 2.83 bits per heavy atom. The molecule has 0 fully saturated rings. The van der Waals surface area contributed by atoms with Crippen molar-refractivity contribution in [2.24, 2.45) is 5.73 Å². The van der Waals surface area contributed by atoms with E-state index >= 15 is 0 Å². The van der Waals surface area contributed by atoms with Crippen molar-refractivity contribution in [3.8, 4) is 0 Å². The number of aliphatic hydroxyl groups is 1. The Kier molecular flexibility index (Phi) is 5.35. The first-order valence-electron chi connectivity index (χ1n) is 5.53. The second kappa shape index (κ2) is 6.34. The zero-order valence-corrected chi connectivity index (χ0v) is 11.6. The molecule has 1 unspecified atom stereocenters. The van der Waals surface area contributed by atoms with Gasteiger partial charge in [-0.1, -0.05) is 29.8 Å². The lowest BCUT2D eigenvalue weighted by Gasteiger charge is -2.11. The quantitative estimate of drug-likeness (QED) is 0.853. The zero-order chi connectivity index (χ0) is 12.4. The molecule has 0 saturated carbocycles. The van der Waals surface area contributed by atoms with Gasteiger partial charge in [-0.05, 0) is 30.5 Å². The molecule has 1 aromatic heterocycles. The summed E-state index contributed by atoms with van der Waals surface area (Å²) in [6, 6.07) is 7.69. The number of benzene rings is 1. The highest BCUT2D eigenvalue weighted by atomic mass is 35.5. The number of hydrogen-bond donors (Lipinski definition) is 2. The highest BCUT2D eigenvalue weighted by Gasteiger charge is 2.09. The SMILES string of the molecule is Cc1cccc2cc(CC(N)CO)c(Cl)nc12.Cl. The van der Waals surface area contributed by atoms with Crippen LogP contribution in [0, 0.1) is 6.92 Å². The van der Waals surface area contributed by atoms with Crippen molar-refractivity contribution in [1.29, 1.82) is 0 Å². The van der Waals surface area contributed by atoms with Crippen molar-refractivity contribution >= 4 is 34.9 Å². The largest absolute Gasteiger partial charge is 0.395 e. The molecular weight excluding hydrogens is 271 g/mol. The zero-order valence-electron chi connectivity index (χ0n) is 10.1. The number of aryl methyl sites for hydroxylation is 1. The predicted octanol–water partition coefficient (Wildman–Crippen LogP) is 2.48. The Labute approximate surface area is 117 Å². The molecule has 1 atom stereocenters.